The van der Waals surface area contributed by atoms with Crippen molar-refractivity contribution >= 4 is 99.1 Å². The van der Waals surface area contributed by atoms with Gasteiger partial charge in [0.25, 0.3) is 0 Å². The number of para-hydroxylation sites is 4. The molecule has 0 saturated carbocycles. The van der Waals surface area contributed by atoms with Crippen LogP contribution in [0.15, 0.2) is 190 Å². The number of benzene rings is 8. The third kappa shape index (κ3) is 4.51. The Hall–Kier alpha value is -7.83. The molecule has 272 valence electrons. The largest absolute Gasteiger partial charge is 0.456 e. The van der Waals surface area contributed by atoms with Gasteiger partial charge in [0.15, 0.2) is 0 Å². The summed E-state index contributed by atoms with van der Waals surface area (Å²) in [5.41, 5.74) is 13.8. The molecule has 12 aromatic rings. The molecular weight excluding hydrogens is 713 g/mol. The van der Waals surface area contributed by atoms with Crippen LogP contribution in [-0.4, -0.2) is 21.6 Å². The van der Waals surface area contributed by atoms with E-state index in [1.165, 1.54) is 21.5 Å². The molecule has 0 saturated heterocycles. The maximum Gasteiger partial charge on any atom is 0.208 e. The number of nitrogens with zero attached hydrogens (tertiary/aromatic N) is 3. The van der Waals surface area contributed by atoms with Crippen LogP contribution in [0.1, 0.15) is 0 Å². The lowest BCUT2D eigenvalue weighted by Crippen LogP contribution is -2.34. The Balaban J connectivity index is 0.947. The van der Waals surface area contributed by atoms with E-state index in [0.717, 1.165) is 99.9 Å². The van der Waals surface area contributed by atoms with Crippen molar-refractivity contribution in [3.05, 3.63) is 176 Å². The number of nitrogens with one attached hydrogen (secondary N) is 1. The number of furan rings is 2. The van der Waals surface area contributed by atoms with Crippen molar-refractivity contribution in [2.75, 3.05) is 6.54 Å². The van der Waals surface area contributed by atoms with Crippen molar-refractivity contribution in [3.63, 3.8) is 0 Å². The number of hydrogen-bond acceptors (Lipinski definition) is 4. The second-order valence-electron chi connectivity index (χ2n) is 15.2. The van der Waals surface area contributed by atoms with Gasteiger partial charge in [-0.2, -0.15) is 0 Å². The number of aliphatic imine (C=N–C) groups is 1. The highest BCUT2D eigenvalue weighted by Crippen LogP contribution is 2.39. The lowest BCUT2D eigenvalue weighted by Gasteiger charge is -2.20. The smallest absolute Gasteiger partial charge is 0.208 e. The van der Waals surface area contributed by atoms with E-state index in [4.69, 9.17) is 13.8 Å². The lowest BCUT2D eigenvalue weighted by atomic mass is 10.0. The minimum absolute atomic E-state index is 0.599. The second kappa shape index (κ2) is 11.8. The Morgan fingerprint density at radius 3 is 1.36 bits per heavy atom. The molecule has 6 nitrogen and oxygen atoms in total. The van der Waals surface area contributed by atoms with Gasteiger partial charge in [-0.05, 0) is 82.9 Å². The van der Waals surface area contributed by atoms with Crippen LogP contribution in [0.25, 0.3) is 115 Å². The molecule has 58 heavy (non-hydrogen) atoms. The van der Waals surface area contributed by atoms with Crippen LogP contribution in [0.5, 0.6) is 0 Å². The summed E-state index contributed by atoms with van der Waals surface area (Å²) >= 11 is 0. The summed E-state index contributed by atoms with van der Waals surface area (Å²) in [7, 11) is 0. The van der Waals surface area contributed by atoms with Gasteiger partial charge in [-0.15, -0.1) is 0 Å². The molecule has 4 aromatic heterocycles. The van der Waals surface area contributed by atoms with Crippen molar-refractivity contribution in [1.82, 2.24) is 14.5 Å². The Morgan fingerprint density at radius 2 is 0.810 bits per heavy atom. The fraction of sp³-hybridized carbons (Fsp3) is 0.0192. The molecule has 1 aliphatic heterocycles. The molecule has 0 amide bonds. The summed E-state index contributed by atoms with van der Waals surface area (Å²) in [6, 6.07) is 60.3. The molecule has 0 fully saturated rings. The number of fused-ring (bicyclic) bond motifs is 12. The van der Waals surface area contributed by atoms with Crippen molar-refractivity contribution < 1.29 is 8.83 Å². The first kappa shape index (κ1) is 31.4. The maximum atomic E-state index is 6.15. The van der Waals surface area contributed by atoms with Crippen molar-refractivity contribution in [2.45, 2.75) is 0 Å². The first-order valence-electron chi connectivity index (χ1n) is 19.6. The van der Waals surface area contributed by atoms with Gasteiger partial charge in [0.2, 0.25) is 5.96 Å². The van der Waals surface area contributed by atoms with Crippen LogP contribution in [-0.2, 0) is 0 Å². The van der Waals surface area contributed by atoms with Gasteiger partial charge in [0, 0.05) is 43.1 Å². The predicted molar refractivity (Wildman–Crippen MR) is 239 cm³/mol. The summed E-state index contributed by atoms with van der Waals surface area (Å²) in [4.78, 5) is 5.19. The Labute approximate surface area is 331 Å². The summed E-state index contributed by atoms with van der Waals surface area (Å²) in [6.45, 7) is 0.599. The first-order chi connectivity index (χ1) is 28.7. The van der Waals surface area contributed by atoms with Crippen LogP contribution >= 0.6 is 0 Å². The van der Waals surface area contributed by atoms with E-state index >= 15 is 0 Å². The fourth-order valence-electron chi connectivity index (χ4n) is 9.32. The molecule has 1 N–H and O–H groups in total. The van der Waals surface area contributed by atoms with Gasteiger partial charge >= 0.3 is 0 Å². The Morgan fingerprint density at radius 1 is 0.379 bits per heavy atom. The van der Waals surface area contributed by atoms with Crippen molar-refractivity contribution in [2.24, 2.45) is 4.99 Å². The van der Waals surface area contributed by atoms with E-state index in [1.54, 1.807) is 0 Å². The number of aromatic nitrogens is 2. The monoisotopic (exact) mass is 744 g/mol. The van der Waals surface area contributed by atoms with Crippen LogP contribution in [0, 0.1) is 0 Å². The summed E-state index contributed by atoms with van der Waals surface area (Å²) < 4.78 is 16.9. The molecule has 0 bridgehead atoms. The molecule has 0 spiro atoms. The standard InChI is InChI=1S/C52H32N4O2/c1-5-13-44-36(9-1)38-21-17-33(31-19-23-50-42(25-31)40-11-3-7-15-48(40)57-50)27-46(38)55(44)35-29-53-52(54-30-35)56-45-14-6-2-10-37(45)39-22-18-34(28-47(39)56)32-20-24-51-43(26-32)41-12-4-8-16-49(41)58-51/h1-29H,30H2,(H,53,54). The van der Waals surface area contributed by atoms with E-state index in [-0.39, 0.29) is 0 Å². The van der Waals surface area contributed by atoms with Gasteiger partial charge in [-0.25, -0.2) is 4.99 Å². The van der Waals surface area contributed by atoms with Gasteiger partial charge in [0.1, 0.15) is 22.3 Å². The summed E-state index contributed by atoms with van der Waals surface area (Å²) in [5, 5.41) is 13.1. The van der Waals surface area contributed by atoms with Gasteiger partial charge in [-0.1, -0.05) is 109 Å². The van der Waals surface area contributed by atoms with Crippen LogP contribution in [0.3, 0.4) is 0 Å². The minimum atomic E-state index is 0.599. The minimum Gasteiger partial charge on any atom is -0.456 e. The predicted octanol–water partition coefficient (Wildman–Crippen LogP) is 13.3. The normalized spacial score (nSPS) is 13.4. The number of hydrogen-bond donors (Lipinski definition) is 1. The molecule has 5 heterocycles. The van der Waals surface area contributed by atoms with E-state index in [2.05, 4.69) is 160 Å². The zero-order valence-electron chi connectivity index (χ0n) is 31.1. The van der Waals surface area contributed by atoms with E-state index in [0.29, 0.717) is 6.54 Å². The third-order valence-corrected chi connectivity index (χ3v) is 12.0. The third-order valence-electron chi connectivity index (χ3n) is 12.0. The topological polar surface area (TPSA) is 60.5 Å². The highest BCUT2D eigenvalue weighted by molar-refractivity contribution is 6.16. The first-order valence-corrected chi connectivity index (χ1v) is 19.6. The SMILES string of the molecule is C1=C(n2c3ccccc3c3ccc(-c4ccc5oc6ccccc6c5c4)cc32)CNC(n2c3ccccc3c3ccc(-c4ccc5oc6ccccc6c5c4)cc32)=N1. The lowest BCUT2D eigenvalue weighted by molar-refractivity contribution is 0.668. The quantitative estimate of drug-likeness (QED) is 0.196. The highest BCUT2D eigenvalue weighted by Gasteiger charge is 2.21. The van der Waals surface area contributed by atoms with Gasteiger partial charge in [0.05, 0.1) is 40.5 Å². The maximum absolute atomic E-state index is 6.15. The van der Waals surface area contributed by atoms with E-state index in [9.17, 15) is 0 Å². The van der Waals surface area contributed by atoms with Crippen LogP contribution < -0.4 is 5.32 Å². The van der Waals surface area contributed by atoms with E-state index < -0.39 is 0 Å². The zero-order valence-corrected chi connectivity index (χ0v) is 31.1. The molecule has 8 aromatic carbocycles. The molecule has 0 radical (unpaired) electrons. The number of rotatable bonds is 3. The van der Waals surface area contributed by atoms with Crippen LogP contribution in [0.2, 0.25) is 0 Å². The fourth-order valence-corrected chi connectivity index (χ4v) is 9.32. The van der Waals surface area contributed by atoms with Crippen molar-refractivity contribution in [3.8, 4) is 22.3 Å². The highest BCUT2D eigenvalue weighted by atomic mass is 16.3. The Bertz CT molecular complexity index is 3510. The molecular formula is C52H32N4O2. The molecule has 6 heteroatoms. The average molecular weight is 745 g/mol. The molecule has 0 atom stereocenters. The summed E-state index contributed by atoms with van der Waals surface area (Å²) in [5.74, 6) is 0.797. The Kier molecular flexibility index (Phi) is 6.41. The molecule has 0 unspecified atom stereocenters. The summed E-state index contributed by atoms with van der Waals surface area (Å²) in [6.07, 6.45) is 2.04. The molecule has 13 rings (SSSR count). The molecule has 1 aliphatic rings. The second-order valence-corrected chi connectivity index (χ2v) is 15.2. The van der Waals surface area contributed by atoms with Gasteiger partial charge < -0.3 is 18.7 Å². The zero-order chi connectivity index (χ0) is 37.9. The van der Waals surface area contributed by atoms with Gasteiger partial charge in [-0.3, -0.25) is 4.57 Å². The van der Waals surface area contributed by atoms with Crippen LogP contribution in [0.4, 0.5) is 0 Å². The van der Waals surface area contributed by atoms with Crippen molar-refractivity contribution in [1.29, 1.82) is 0 Å². The molecule has 0 aliphatic carbocycles. The van der Waals surface area contributed by atoms with E-state index in [1.807, 2.05) is 30.5 Å². The average Bonchev–Trinajstić information content (AvgIpc) is 4.03.